The van der Waals surface area contributed by atoms with Crippen LogP contribution in [0.3, 0.4) is 0 Å². The van der Waals surface area contributed by atoms with Crippen LogP contribution < -0.4 is 5.73 Å². The molecule has 0 aliphatic heterocycles. The number of Topliss-reactive ketones (excluding diaryl/α,β-unsaturated/α-hetero) is 1. The normalized spacial score (nSPS) is 11.2. The number of hydrogen-bond acceptors (Lipinski definition) is 5. The van der Waals surface area contributed by atoms with Gasteiger partial charge in [0.2, 0.25) is 0 Å². The van der Waals surface area contributed by atoms with Crippen molar-refractivity contribution in [3.8, 4) is 33.9 Å². The van der Waals surface area contributed by atoms with Crippen molar-refractivity contribution in [1.82, 2.24) is 9.55 Å². The summed E-state index contributed by atoms with van der Waals surface area (Å²) >= 11 is 0. The Kier molecular flexibility index (Phi) is 11.3. The van der Waals surface area contributed by atoms with Crippen molar-refractivity contribution in [2.24, 2.45) is 5.73 Å². The molecule has 1 aromatic heterocycles. The number of ketones is 1. The molecule has 46 heavy (non-hydrogen) atoms. The molecule has 0 aliphatic rings. The van der Waals surface area contributed by atoms with Crippen LogP contribution >= 0.6 is 0 Å². The van der Waals surface area contributed by atoms with E-state index in [2.05, 4.69) is 111 Å². The number of carbonyl (C=O) groups is 1. The number of hydrogen-bond donors (Lipinski definition) is 1. The fourth-order valence-corrected chi connectivity index (χ4v) is 5.71. The highest BCUT2D eigenvalue weighted by molar-refractivity contribution is 5.96. The number of aryl methyl sites for hydroxylation is 4. The van der Waals surface area contributed by atoms with E-state index < -0.39 is 0 Å². The molecule has 0 atom stereocenters. The molecular weight excluding hydrogens is 570 g/mol. The van der Waals surface area contributed by atoms with Crippen LogP contribution in [0.15, 0.2) is 91.0 Å². The van der Waals surface area contributed by atoms with E-state index in [0.717, 1.165) is 39.5 Å². The van der Waals surface area contributed by atoms with Gasteiger partial charge in [0, 0.05) is 48.4 Å². The van der Waals surface area contributed by atoms with E-state index in [4.69, 9.17) is 20.2 Å². The Morgan fingerprint density at radius 3 is 1.87 bits per heavy atom. The SMILES string of the molecule is Cc1ccc(-c2nc(-c3cc(C)cc(C)c3)n(Cc3ccc(C(=O)CCCOCCOCCN)cc3)c2-c2ccc(C)cc2)cc1. The maximum absolute atomic E-state index is 12.9. The molecule has 0 aliphatic carbocycles. The molecule has 2 N–H and O–H groups in total. The first-order valence-electron chi connectivity index (χ1n) is 16.1. The Bertz CT molecular complexity index is 1720. The number of carbonyl (C=O) groups excluding carboxylic acids is 1. The molecule has 5 aromatic rings. The van der Waals surface area contributed by atoms with Crippen LogP contribution in [-0.4, -0.2) is 48.3 Å². The van der Waals surface area contributed by atoms with Gasteiger partial charge in [0.25, 0.3) is 0 Å². The maximum Gasteiger partial charge on any atom is 0.162 e. The van der Waals surface area contributed by atoms with Gasteiger partial charge in [-0.25, -0.2) is 4.98 Å². The molecule has 0 bridgehead atoms. The molecule has 6 nitrogen and oxygen atoms in total. The second-order valence-electron chi connectivity index (χ2n) is 12.1. The number of imidazole rings is 1. The minimum Gasteiger partial charge on any atom is -0.379 e. The van der Waals surface area contributed by atoms with Crippen molar-refractivity contribution >= 4 is 5.78 Å². The average molecular weight is 616 g/mol. The lowest BCUT2D eigenvalue weighted by Crippen LogP contribution is -2.12. The van der Waals surface area contributed by atoms with Gasteiger partial charge in [-0.1, -0.05) is 101 Å². The summed E-state index contributed by atoms with van der Waals surface area (Å²) in [6.07, 6.45) is 1.12. The molecule has 0 saturated heterocycles. The molecule has 0 unspecified atom stereocenters. The van der Waals surface area contributed by atoms with Gasteiger partial charge < -0.3 is 19.8 Å². The molecule has 0 spiro atoms. The Morgan fingerprint density at radius 2 is 1.26 bits per heavy atom. The zero-order chi connectivity index (χ0) is 32.5. The maximum atomic E-state index is 12.9. The summed E-state index contributed by atoms with van der Waals surface area (Å²) < 4.78 is 13.2. The van der Waals surface area contributed by atoms with E-state index in [-0.39, 0.29) is 5.78 Å². The summed E-state index contributed by atoms with van der Waals surface area (Å²) in [5.41, 5.74) is 17.4. The molecule has 6 heteroatoms. The molecule has 0 radical (unpaired) electrons. The predicted molar refractivity (Wildman–Crippen MR) is 187 cm³/mol. The van der Waals surface area contributed by atoms with Crippen LogP contribution in [-0.2, 0) is 16.0 Å². The van der Waals surface area contributed by atoms with Gasteiger partial charge in [-0.3, -0.25) is 4.79 Å². The number of nitrogens with two attached hydrogens (primary N) is 1. The van der Waals surface area contributed by atoms with Gasteiger partial charge in [0.05, 0.1) is 31.2 Å². The van der Waals surface area contributed by atoms with Crippen molar-refractivity contribution in [3.63, 3.8) is 0 Å². The Balaban J connectivity index is 1.45. The van der Waals surface area contributed by atoms with E-state index in [1.54, 1.807) is 0 Å². The zero-order valence-corrected chi connectivity index (χ0v) is 27.5. The Morgan fingerprint density at radius 1 is 0.674 bits per heavy atom. The van der Waals surface area contributed by atoms with Crippen molar-refractivity contribution in [1.29, 1.82) is 0 Å². The van der Waals surface area contributed by atoms with Gasteiger partial charge in [0.1, 0.15) is 5.82 Å². The molecule has 0 saturated carbocycles. The lowest BCUT2D eigenvalue weighted by molar-refractivity contribution is 0.0489. The summed E-state index contributed by atoms with van der Waals surface area (Å²) in [5.74, 6) is 1.04. The fraction of sp³-hybridized carbons (Fsp3) is 0.300. The number of rotatable bonds is 15. The summed E-state index contributed by atoms with van der Waals surface area (Å²) in [6, 6.07) is 31.9. The second-order valence-corrected chi connectivity index (χ2v) is 12.1. The molecule has 0 fully saturated rings. The van der Waals surface area contributed by atoms with E-state index in [1.807, 2.05) is 12.1 Å². The summed E-state index contributed by atoms with van der Waals surface area (Å²) in [4.78, 5) is 18.3. The largest absolute Gasteiger partial charge is 0.379 e. The first-order valence-corrected chi connectivity index (χ1v) is 16.1. The van der Waals surface area contributed by atoms with Gasteiger partial charge in [-0.2, -0.15) is 0 Å². The van der Waals surface area contributed by atoms with Crippen molar-refractivity contribution in [2.75, 3.05) is 33.0 Å². The van der Waals surface area contributed by atoms with Crippen molar-refractivity contribution < 1.29 is 14.3 Å². The van der Waals surface area contributed by atoms with Crippen molar-refractivity contribution in [2.45, 2.75) is 47.1 Å². The highest BCUT2D eigenvalue weighted by Crippen LogP contribution is 2.37. The molecule has 238 valence electrons. The standard InChI is InChI=1S/C40H45N3O3/c1-28-7-13-34(14-8-28)38-39(35-15-9-29(2)10-16-35)43(40(42-38)36-25-30(3)24-31(4)26-36)27-32-11-17-33(18-12-32)37(44)6-5-20-45-22-23-46-21-19-41/h7-18,24-26H,5-6,19-23,27,41H2,1-4H3. The Hall–Kier alpha value is -4.36. The van der Waals surface area contributed by atoms with Crippen LogP contribution in [0.4, 0.5) is 0 Å². The molecule has 5 rings (SSSR count). The van der Waals surface area contributed by atoms with Gasteiger partial charge in [-0.05, 0) is 51.8 Å². The van der Waals surface area contributed by atoms with Gasteiger partial charge >= 0.3 is 0 Å². The minimum absolute atomic E-state index is 0.120. The average Bonchev–Trinajstić information content (AvgIpc) is 3.41. The third kappa shape index (κ3) is 8.46. The smallest absolute Gasteiger partial charge is 0.162 e. The van der Waals surface area contributed by atoms with Crippen LogP contribution in [0.2, 0.25) is 0 Å². The lowest BCUT2D eigenvalue weighted by Gasteiger charge is -2.15. The first kappa shape index (κ1) is 33.0. The first-order chi connectivity index (χ1) is 22.3. The second kappa shape index (κ2) is 15.8. The molecular formula is C40H45N3O3. The van der Waals surface area contributed by atoms with Crippen molar-refractivity contribution in [3.05, 3.63) is 124 Å². The quantitative estimate of drug-likeness (QED) is 0.0951. The minimum atomic E-state index is 0.120. The fourth-order valence-electron chi connectivity index (χ4n) is 5.71. The van der Waals surface area contributed by atoms with Crippen LogP contribution in [0.25, 0.3) is 33.9 Å². The van der Waals surface area contributed by atoms with Gasteiger partial charge in [0.15, 0.2) is 5.78 Å². The van der Waals surface area contributed by atoms with E-state index in [1.165, 1.54) is 22.3 Å². The third-order valence-corrected chi connectivity index (χ3v) is 8.04. The van der Waals surface area contributed by atoms with E-state index in [9.17, 15) is 4.79 Å². The van der Waals surface area contributed by atoms with E-state index in [0.29, 0.717) is 57.9 Å². The molecule has 1 heterocycles. The number of benzene rings is 4. The number of nitrogens with zero attached hydrogens (tertiary/aromatic N) is 2. The van der Waals surface area contributed by atoms with Crippen LogP contribution in [0.5, 0.6) is 0 Å². The van der Waals surface area contributed by atoms with Crippen LogP contribution in [0.1, 0.15) is 51.0 Å². The van der Waals surface area contributed by atoms with Crippen LogP contribution in [0, 0.1) is 27.7 Å². The Labute approximate surface area is 273 Å². The predicted octanol–water partition coefficient (Wildman–Crippen LogP) is 8.12. The monoisotopic (exact) mass is 615 g/mol. The molecule has 0 amide bonds. The third-order valence-electron chi connectivity index (χ3n) is 8.04. The summed E-state index contributed by atoms with van der Waals surface area (Å²) in [6.45, 7) is 11.7. The number of aromatic nitrogens is 2. The van der Waals surface area contributed by atoms with E-state index >= 15 is 0 Å². The highest BCUT2D eigenvalue weighted by atomic mass is 16.5. The number of ether oxygens (including phenoxy) is 2. The zero-order valence-electron chi connectivity index (χ0n) is 27.5. The topological polar surface area (TPSA) is 79.4 Å². The van der Waals surface area contributed by atoms with Gasteiger partial charge in [-0.15, -0.1) is 0 Å². The lowest BCUT2D eigenvalue weighted by atomic mass is 10.0. The molecule has 4 aromatic carbocycles. The summed E-state index contributed by atoms with van der Waals surface area (Å²) in [5, 5.41) is 0. The highest BCUT2D eigenvalue weighted by Gasteiger charge is 2.22. The summed E-state index contributed by atoms with van der Waals surface area (Å²) in [7, 11) is 0.